The maximum absolute atomic E-state index is 12.4. The summed E-state index contributed by atoms with van der Waals surface area (Å²) in [5, 5.41) is 0. The number of hydrogen-bond donors (Lipinski definition) is 0. The molecule has 1 heterocycles. The molecule has 0 bridgehead atoms. The van der Waals surface area contributed by atoms with Gasteiger partial charge in [-0.3, -0.25) is 9.69 Å². The van der Waals surface area contributed by atoms with Gasteiger partial charge in [-0.1, -0.05) is 29.8 Å². The second-order valence-corrected chi connectivity index (χ2v) is 7.28. The van der Waals surface area contributed by atoms with Gasteiger partial charge in [0.15, 0.2) is 6.61 Å². The van der Waals surface area contributed by atoms with Crippen LogP contribution in [0.1, 0.15) is 17.5 Å². The molecule has 2 aromatic rings. The van der Waals surface area contributed by atoms with Crippen molar-refractivity contribution in [1.29, 1.82) is 0 Å². The molecule has 0 unspecified atom stereocenters. The van der Waals surface area contributed by atoms with Crippen LogP contribution >= 0.6 is 0 Å². The van der Waals surface area contributed by atoms with Gasteiger partial charge in [0, 0.05) is 26.2 Å². The molecule has 5 heteroatoms. The molecule has 0 spiro atoms. The van der Waals surface area contributed by atoms with Crippen molar-refractivity contribution in [3.63, 3.8) is 0 Å². The fraction of sp³-hybridized carbons (Fsp3) is 0.435. The SMILES string of the molecule is COc1cccc(CCCN2CCN(C(=O)COc3ccc(C)cc3)CC2)c1. The smallest absolute Gasteiger partial charge is 0.260 e. The van der Waals surface area contributed by atoms with Crippen molar-refractivity contribution in [2.75, 3.05) is 46.4 Å². The molecule has 0 aliphatic carbocycles. The third-order valence-electron chi connectivity index (χ3n) is 5.18. The molecular weight excluding hydrogens is 352 g/mol. The number of amides is 1. The predicted octanol–water partition coefficient (Wildman–Crippen LogP) is 3.16. The molecule has 0 radical (unpaired) electrons. The summed E-state index contributed by atoms with van der Waals surface area (Å²) < 4.78 is 10.9. The summed E-state index contributed by atoms with van der Waals surface area (Å²) in [6, 6.07) is 16.1. The van der Waals surface area contributed by atoms with Crippen LogP contribution in [0, 0.1) is 6.92 Å². The van der Waals surface area contributed by atoms with Gasteiger partial charge in [-0.15, -0.1) is 0 Å². The highest BCUT2D eigenvalue weighted by atomic mass is 16.5. The maximum Gasteiger partial charge on any atom is 0.260 e. The van der Waals surface area contributed by atoms with Crippen LogP contribution in [0.2, 0.25) is 0 Å². The molecule has 1 aliphatic heterocycles. The molecule has 3 rings (SSSR count). The lowest BCUT2D eigenvalue weighted by molar-refractivity contribution is -0.135. The van der Waals surface area contributed by atoms with Gasteiger partial charge >= 0.3 is 0 Å². The first-order valence-electron chi connectivity index (χ1n) is 9.96. The Bertz CT molecular complexity index is 753. The number of aryl methyl sites for hydroxylation is 2. The number of benzene rings is 2. The Morgan fingerprint density at radius 3 is 2.46 bits per heavy atom. The third kappa shape index (κ3) is 5.99. The van der Waals surface area contributed by atoms with Gasteiger partial charge in [0.25, 0.3) is 5.91 Å². The number of ether oxygens (including phenoxy) is 2. The highest BCUT2D eigenvalue weighted by Gasteiger charge is 2.21. The van der Waals surface area contributed by atoms with Gasteiger partial charge in [-0.2, -0.15) is 0 Å². The number of hydrogen-bond acceptors (Lipinski definition) is 4. The van der Waals surface area contributed by atoms with Crippen molar-refractivity contribution < 1.29 is 14.3 Å². The van der Waals surface area contributed by atoms with E-state index in [4.69, 9.17) is 9.47 Å². The Labute approximate surface area is 167 Å². The molecule has 150 valence electrons. The minimum atomic E-state index is 0.0663. The monoisotopic (exact) mass is 382 g/mol. The maximum atomic E-state index is 12.4. The zero-order chi connectivity index (χ0) is 19.8. The van der Waals surface area contributed by atoms with E-state index in [0.717, 1.165) is 57.1 Å². The van der Waals surface area contributed by atoms with Gasteiger partial charge in [0.1, 0.15) is 11.5 Å². The van der Waals surface area contributed by atoms with Crippen LogP contribution in [0.5, 0.6) is 11.5 Å². The van der Waals surface area contributed by atoms with E-state index in [1.807, 2.05) is 48.2 Å². The van der Waals surface area contributed by atoms with E-state index in [-0.39, 0.29) is 12.5 Å². The quantitative estimate of drug-likeness (QED) is 0.703. The lowest BCUT2D eigenvalue weighted by atomic mass is 10.1. The van der Waals surface area contributed by atoms with Crippen molar-refractivity contribution in [2.45, 2.75) is 19.8 Å². The summed E-state index contributed by atoms with van der Waals surface area (Å²) in [5.74, 6) is 1.73. The fourth-order valence-corrected chi connectivity index (χ4v) is 3.43. The van der Waals surface area contributed by atoms with Crippen molar-refractivity contribution in [2.24, 2.45) is 0 Å². The largest absolute Gasteiger partial charge is 0.497 e. The first kappa shape index (κ1) is 20.2. The van der Waals surface area contributed by atoms with Gasteiger partial charge in [0.05, 0.1) is 7.11 Å². The van der Waals surface area contributed by atoms with Gasteiger partial charge in [-0.25, -0.2) is 0 Å². The zero-order valence-corrected chi connectivity index (χ0v) is 16.9. The first-order valence-corrected chi connectivity index (χ1v) is 9.96. The van der Waals surface area contributed by atoms with E-state index >= 15 is 0 Å². The van der Waals surface area contributed by atoms with Crippen LogP contribution in [0.4, 0.5) is 0 Å². The van der Waals surface area contributed by atoms with Crippen LogP contribution in [0.3, 0.4) is 0 Å². The Balaban J connectivity index is 1.34. The molecular formula is C23H30N2O3. The first-order chi connectivity index (χ1) is 13.6. The van der Waals surface area contributed by atoms with Crippen molar-refractivity contribution in [3.8, 4) is 11.5 Å². The summed E-state index contributed by atoms with van der Waals surface area (Å²) >= 11 is 0. The van der Waals surface area contributed by atoms with Gasteiger partial charge in [0.2, 0.25) is 0 Å². The summed E-state index contributed by atoms with van der Waals surface area (Å²) in [5.41, 5.74) is 2.49. The lowest BCUT2D eigenvalue weighted by Gasteiger charge is -2.34. The molecule has 28 heavy (non-hydrogen) atoms. The van der Waals surface area contributed by atoms with E-state index in [1.54, 1.807) is 7.11 Å². The molecule has 1 fully saturated rings. The Morgan fingerprint density at radius 1 is 1.00 bits per heavy atom. The molecule has 0 aromatic heterocycles. The molecule has 2 aromatic carbocycles. The highest BCUT2D eigenvalue weighted by molar-refractivity contribution is 5.77. The van der Waals surface area contributed by atoms with E-state index in [1.165, 1.54) is 11.1 Å². The average Bonchev–Trinajstić information content (AvgIpc) is 2.74. The van der Waals surface area contributed by atoms with Crippen LogP contribution in [0.25, 0.3) is 0 Å². The predicted molar refractivity (Wildman–Crippen MR) is 111 cm³/mol. The molecule has 0 N–H and O–H groups in total. The second kappa shape index (κ2) is 10.1. The highest BCUT2D eigenvalue weighted by Crippen LogP contribution is 2.15. The number of carbonyl (C=O) groups is 1. The number of piperazine rings is 1. The van der Waals surface area contributed by atoms with Crippen LogP contribution in [-0.4, -0.2) is 62.1 Å². The number of methoxy groups -OCH3 is 1. The van der Waals surface area contributed by atoms with Gasteiger partial charge in [-0.05, 0) is 56.1 Å². The van der Waals surface area contributed by atoms with Crippen LogP contribution in [0.15, 0.2) is 48.5 Å². The minimum absolute atomic E-state index is 0.0663. The summed E-state index contributed by atoms with van der Waals surface area (Å²) in [7, 11) is 1.70. The fourth-order valence-electron chi connectivity index (χ4n) is 3.43. The van der Waals surface area contributed by atoms with Crippen molar-refractivity contribution in [1.82, 2.24) is 9.80 Å². The van der Waals surface area contributed by atoms with Crippen molar-refractivity contribution >= 4 is 5.91 Å². The third-order valence-corrected chi connectivity index (χ3v) is 5.18. The molecule has 1 amide bonds. The zero-order valence-electron chi connectivity index (χ0n) is 16.9. The van der Waals surface area contributed by atoms with E-state index < -0.39 is 0 Å². The van der Waals surface area contributed by atoms with E-state index in [0.29, 0.717) is 0 Å². The normalized spacial score (nSPS) is 14.7. The van der Waals surface area contributed by atoms with Crippen LogP contribution < -0.4 is 9.47 Å². The molecule has 1 aliphatic rings. The number of rotatable bonds is 8. The Hall–Kier alpha value is -2.53. The van der Waals surface area contributed by atoms with Crippen LogP contribution in [-0.2, 0) is 11.2 Å². The summed E-state index contributed by atoms with van der Waals surface area (Å²) in [4.78, 5) is 16.7. The molecule has 0 atom stereocenters. The lowest BCUT2D eigenvalue weighted by Crippen LogP contribution is -2.50. The Kier molecular flexibility index (Phi) is 7.31. The standard InChI is InChI=1S/C23H30N2O3/c1-19-8-10-21(11-9-19)28-18-23(26)25-15-13-24(14-16-25)12-4-6-20-5-3-7-22(17-20)27-2/h3,5,7-11,17H,4,6,12-16,18H2,1-2H3. The second-order valence-electron chi connectivity index (χ2n) is 7.28. The molecule has 5 nitrogen and oxygen atoms in total. The molecule has 0 saturated carbocycles. The topological polar surface area (TPSA) is 42.0 Å². The average molecular weight is 383 g/mol. The molecule has 1 saturated heterocycles. The van der Waals surface area contributed by atoms with E-state index in [9.17, 15) is 4.79 Å². The number of carbonyl (C=O) groups excluding carboxylic acids is 1. The minimum Gasteiger partial charge on any atom is -0.497 e. The van der Waals surface area contributed by atoms with Gasteiger partial charge < -0.3 is 14.4 Å². The van der Waals surface area contributed by atoms with E-state index in [2.05, 4.69) is 17.0 Å². The number of nitrogens with zero attached hydrogens (tertiary/aromatic N) is 2. The van der Waals surface area contributed by atoms with Crippen molar-refractivity contribution in [3.05, 3.63) is 59.7 Å². The summed E-state index contributed by atoms with van der Waals surface area (Å²) in [6.07, 6.45) is 2.15. The Morgan fingerprint density at radius 2 is 1.75 bits per heavy atom. The summed E-state index contributed by atoms with van der Waals surface area (Å²) in [6.45, 7) is 6.59.